The third-order valence-corrected chi connectivity index (χ3v) is 15.0. The Bertz CT molecular complexity index is 3650. The van der Waals surface area contributed by atoms with Crippen molar-refractivity contribution in [1.82, 2.24) is 9.05 Å². The quantitative estimate of drug-likeness (QED) is 0.153. The molecule has 0 fully saturated rings. The van der Waals surface area contributed by atoms with Gasteiger partial charge in [-0.2, -0.15) is 0 Å². The monoisotopic (exact) mass is 842 g/mol. The van der Waals surface area contributed by atoms with Crippen molar-refractivity contribution in [2.45, 2.75) is 105 Å². The van der Waals surface area contributed by atoms with Gasteiger partial charge >= 0.3 is 6.85 Å². The zero-order valence-electron chi connectivity index (χ0n) is 40.3. The molecule has 0 saturated heterocycles. The van der Waals surface area contributed by atoms with Gasteiger partial charge in [-0.15, -0.1) is 0 Å². The number of benzene rings is 8. The highest BCUT2D eigenvalue weighted by atomic mass is 15.0. The van der Waals surface area contributed by atoms with Gasteiger partial charge in [0.1, 0.15) is 0 Å². The molecule has 0 spiro atoms. The third kappa shape index (κ3) is 5.86. The molecule has 2 nitrogen and oxygen atoms in total. The lowest BCUT2D eigenvalue weighted by Gasteiger charge is -2.35. The molecule has 2 aromatic heterocycles. The number of hydrogen-bond donors (Lipinski definition) is 0. The van der Waals surface area contributed by atoms with Gasteiger partial charge in [-0.3, -0.25) is 0 Å². The maximum absolute atomic E-state index is 2.75. The molecule has 10 aromatic rings. The summed E-state index contributed by atoms with van der Waals surface area (Å²) in [5.41, 5.74) is 22.4. The van der Waals surface area contributed by atoms with Crippen molar-refractivity contribution in [3.8, 4) is 39.1 Å². The van der Waals surface area contributed by atoms with E-state index in [1.807, 2.05) is 0 Å². The minimum atomic E-state index is -0.0529. The number of hydrogen-bond acceptors (Lipinski definition) is 0. The largest absolute Gasteiger partial charge is 0.375 e. The molecular formula is C62H59BN2. The molecule has 0 unspecified atom stereocenters. The smallest absolute Gasteiger partial charge is 0.333 e. The Kier molecular flexibility index (Phi) is 8.14. The van der Waals surface area contributed by atoms with Crippen LogP contribution in [0, 0.1) is 0 Å². The van der Waals surface area contributed by atoms with E-state index in [-0.39, 0.29) is 28.5 Å². The van der Waals surface area contributed by atoms with Crippen LogP contribution in [-0.2, 0) is 21.7 Å². The average Bonchev–Trinajstić information content (AvgIpc) is 3.78. The predicted octanol–water partition coefficient (Wildman–Crippen LogP) is 15.5. The van der Waals surface area contributed by atoms with Crippen LogP contribution in [0.1, 0.15) is 105 Å². The highest BCUT2D eigenvalue weighted by molar-refractivity contribution is 6.90. The summed E-state index contributed by atoms with van der Waals surface area (Å²) in [4.78, 5) is 0. The topological polar surface area (TPSA) is 9.86 Å². The maximum atomic E-state index is 2.75. The van der Waals surface area contributed by atoms with Gasteiger partial charge in [0.15, 0.2) is 0 Å². The van der Waals surface area contributed by atoms with E-state index in [0.29, 0.717) is 0 Å². The molecule has 0 atom stereocenters. The molecule has 0 amide bonds. The van der Waals surface area contributed by atoms with Crippen molar-refractivity contribution >= 4 is 72.2 Å². The lowest BCUT2D eigenvalue weighted by molar-refractivity contribution is 0.569. The zero-order valence-corrected chi connectivity index (χ0v) is 40.3. The molecule has 2 aliphatic heterocycles. The van der Waals surface area contributed by atoms with E-state index in [1.165, 1.54) is 127 Å². The summed E-state index contributed by atoms with van der Waals surface area (Å²) in [6.07, 6.45) is 0. The summed E-state index contributed by atoms with van der Waals surface area (Å²) in [7, 11) is 0. The molecule has 0 radical (unpaired) electrons. The minimum absolute atomic E-state index is 0.0110. The molecule has 0 saturated carbocycles. The fourth-order valence-corrected chi connectivity index (χ4v) is 11.3. The standard InChI is InChI=1S/C62H59BN2/c1-59(2,3)41-23-25-53-46(33-41)48-34-44(62(10,11)12)35-49-47-29-40(39-26-42(60(4,5)6)32-43(27-39)61(7,8)9)31-54-56(47)63(65(53)57(48)49)51-30-38-20-16-17-21-45(38)55-50-28-37(36-18-14-13-15-19-36)22-24-52(50)64(54)58(51)55/h13-35H,1-12H3. The van der Waals surface area contributed by atoms with Crippen LogP contribution in [0.4, 0.5) is 0 Å². The SMILES string of the molecule is CC(C)(C)c1cc(-c2cc3c4c(c2)-n2c5ccc(-c6ccccc6)cc5c5c6ccccc6cc(c52)B4n2c4ccc(C(C)(C)C)cc4c4cc(C(C)(C)C)cc-3c42)cc(C(C)(C)C)c1. The number of nitrogens with zero attached hydrogens (tertiary/aromatic N) is 2. The van der Waals surface area contributed by atoms with Crippen LogP contribution in [0.2, 0.25) is 0 Å². The molecule has 4 heterocycles. The van der Waals surface area contributed by atoms with Crippen molar-refractivity contribution in [1.29, 1.82) is 0 Å². The Labute approximate surface area is 385 Å². The Balaban J connectivity index is 1.30. The molecule has 320 valence electrons. The number of fused-ring (bicyclic) bond motifs is 12. The summed E-state index contributed by atoms with van der Waals surface area (Å²) in [6, 6.07) is 54.7. The molecule has 2 aliphatic rings. The van der Waals surface area contributed by atoms with Gasteiger partial charge in [0.05, 0.1) is 11.0 Å². The number of aromatic nitrogens is 2. The van der Waals surface area contributed by atoms with E-state index < -0.39 is 0 Å². The lowest BCUT2D eigenvalue weighted by Crippen LogP contribution is -2.55. The van der Waals surface area contributed by atoms with Crippen molar-refractivity contribution in [3.63, 3.8) is 0 Å². The molecule has 8 aromatic carbocycles. The van der Waals surface area contributed by atoms with Gasteiger partial charge in [-0.1, -0.05) is 174 Å². The Hall–Kier alpha value is -6.32. The van der Waals surface area contributed by atoms with E-state index in [9.17, 15) is 0 Å². The van der Waals surface area contributed by atoms with E-state index in [4.69, 9.17) is 0 Å². The van der Waals surface area contributed by atoms with Gasteiger partial charge < -0.3 is 9.05 Å². The first kappa shape index (κ1) is 40.2. The molecule has 65 heavy (non-hydrogen) atoms. The van der Waals surface area contributed by atoms with Crippen molar-refractivity contribution in [2.75, 3.05) is 0 Å². The van der Waals surface area contributed by atoms with Crippen LogP contribution in [0.15, 0.2) is 140 Å². The van der Waals surface area contributed by atoms with Gasteiger partial charge in [0, 0.05) is 43.8 Å². The van der Waals surface area contributed by atoms with Crippen LogP contribution in [0.25, 0.3) is 93.5 Å². The van der Waals surface area contributed by atoms with Crippen molar-refractivity contribution in [3.05, 3.63) is 162 Å². The molecular weight excluding hydrogens is 784 g/mol. The average molecular weight is 843 g/mol. The summed E-state index contributed by atoms with van der Waals surface area (Å²) in [6.45, 7) is 28.2. The summed E-state index contributed by atoms with van der Waals surface area (Å²) in [5.74, 6) is 0. The van der Waals surface area contributed by atoms with E-state index in [1.54, 1.807) is 0 Å². The van der Waals surface area contributed by atoms with Gasteiger partial charge in [0.2, 0.25) is 0 Å². The summed E-state index contributed by atoms with van der Waals surface area (Å²) in [5, 5.41) is 7.92. The van der Waals surface area contributed by atoms with Crippen LogP contribution in [0.5, 0.6) is 0 Å². The second kappa shape index (κ2) is 13.2. The van der Waals surface area contributed by atoms with Crippen molar-refractivity contribution in [2.24, 2.45) is 0 Å². The molecule has 0 bridgehead atoms. The minimum Gasteiger partial charge on any atom is -0.375 e. The molecule has 12 rings (SSSR count). The van der Waals surface area contributed by atoms with Crippen molar-refractivity contribution < 1.29 is 0 Å². The first-order chi connectivity index (χ1) is 30.8. The van der Waals surface area contributed by atoms with Gasteiger partial charge in [0.25, 0.3) is 0 Å². The van der Waals surface area contributed by atoms with Crippen LogP contribution in [-0.4, -0.2) is 15.9 Å². The second-order valence-corrected chi connectivity index (χ2v) is 23.5. The molecule has 0 N–H and O–H groups in total. The fraction of sp³-hybridized carbons (Fsp3) is 0.258. The normalized spacial score (nSPS) is 13.8. The van der Waals surface area contributed by atoms with E-state index in [2.05, 4.69) is 232 Å². The Morgan fingerprint density at radius 1 is 0.385 bits per heavy atom. The van der Waals surface area contributed by atoms with Gasteiger partial charge in [-0.25, -0.2) is 0 Å². The zero-order chi connectivity index (χ0) is 45.3. The van der Waals surface area contributed by atoms with E-state index in [0.717, 1.165) is 0 Å². The maximum Gasteiger partial charge on any atom is 0.333 e. The summed E-state index contributed by atoms with van der Waals surface area (Å²) < 4.78 is 5.42. The third-order valence-electron chi connectivity index (χ3n) is 15.0. The first-order valence-corrected chi connectivity index (χ1v) is 23.8. The fourth-order valence-electron chi connectivity index (χ4n) is 11.3. The van der Waals surface area contributed by atoms with Crippen LogP contribution in [0.3, 0.4) is 0 Å². The molecule has 0 aliphatic carbocycles. The van der Waals surface area contributed by atoms with Gasteiger partial charge in [-0.05, 0) is 142 Å². The Morgan fingerprint density at radius 3 is 1.69 bits per heavy atom. The highest BCUT2D eigenvalue weighted by Crippen LogP contribution is 2.48. The number of rotatable bonds is 2. The van der Waals surface area contributed by atoms with Crippen LogP contribution < -0.4 is 10.9 Å². The predicted molar refractivity (Wildman–Crippen MR) is 283 cm³/mol. The molecule has 3 heteroatoms. The lowest BCUT2D eigenvalue weighted by atomic mass is 9.45. The van der Waals surface area contributed by atoms with Crippen LogP contribution >= 0.6 is 0 Å². The summed E-state index contributed by atoms with van der Waals surface area (Å²) >= 11 is 0. The first-order valence-electron chi connectivity index (χ1n) is 23.8. The van der Waals surface area contributed by atoms with E-state index >= 15 is 0 Å². The second-order valence-electron chi connectivity index (χ2n) is 23.5. The highest BCUT2D eigenvalue weighted by Gasteiger charge is 2.43. The Morgan fingerprint density at radius 2 is 1.00 bits per heavy atom.